The second kappa shape index (κ2) is 5.65. The molecule has 1 aromatic carbocycles. The minimum Gasteiger partial charge on any atom is -0.366 e. The predicted molar refractivity (Wildman–Crippen MR) is 70.4 cm³/mol. The van der Waals surface area contributed by atoms with Gasteiger partial charge in [-0.15, -0.1) is 0 Å². The topological polar surface area (TPSA) is 9.23 Å². The van der Waals surface area contributed by atoms with E-state index < -0.39 is 0 Å². The molecule has 0 N–H and O–H groups in total. The van der Waals surface area contributed by atoms with Crippen LogP contribution in [0.5, 0.6) is 0 Å². The third-order valence-electron chi connectivity index (χ3n) is 2.92. The molecule has 0 aromatic heterocycles. The van der Waals surface area contributed by atoms with Gasteiger partial charge in [0.2, 0.25) is 0 Å². The molecular weight excluding hydrogens is 264 g/mol. The number of rotatable bonds is 4. The van der Waals surface area contributed by atoms with Gasteiger partial charge >= 0.3 is 0 Å². The molecule has 1 nitrogen and oxygen atoms in total. The maximum Gasteiger partial charge on any atom is 0.0830 e. The van der Waals surface area contributed by atoms with Crippen molar-refractivity contribution >= 4 is 15.9 Å². The van der Waals surface area contributed by atoms with Gasteiger partial charge in [0.25, 0.3) is 0 Å². The molecule has 0 bridgehead atoms. The van der Waals surface area contributed by atoms with Crippen LogP contribution in [0.4, 0.5) is 0 Å². The van der Waals surface area contributed by atoms with Crippen molar-refractivity contribution in [3.63, 3.8) is 0 Å². The fraction of sp³-hybridized carbons (Fsp3) is 0.429. The molecular formula is C14H17BrO. The van der Waals surface area contributed by atoms with E-state index in [1.807, 2.05) is 0 Å². The molecule has 1 aliphatic rings. The van der Waals surface area contributed by atoms with Crippen LogP contribution in [0, 0.1) is 0 Å². The molecule has 0 saturated heterocycles. The van der Waals surface area contributed by atoms with Crippen LogP contribution in [-0.2, 0) is 4.74 Å². The Balaban J connectivity index is 2.03. The Morgan fingerprint density at radius 3 is 2.69 bits per heavy atom. The quantitative estimate of drug-likeness (QED) is 0.731. The van der Waals surface area contributed by atoms with Crippen LogP contribution < -0.4 is 0 Å². The average Bonchev–Trinajstić information content (AvgIpc) is 2.80. The molecule has 0 aliphatic heterocycles. The standard InChI is InChI=1S/C14H17BrO/c1-2-14(16-13-5-3-4-6-13)11-7-9-12(15)10-8-11/h3,5,7-10,13-14H,2,4,6H2,1H3. The van der Waals surface area contributed by atoms with Crippen molar-refractivity contribution in [1.82, 2.24) is 0 Å². The predicted octanol–water partition coefficient (Wildman–Crippen LogP) is 4.64. The van der Waals surface area contributed by atoms with E-state index in [-0.39, 0.29) is 6.10 Å². The Kier molecular flexibility index (Phi) is 4.19. The molecule has 86 valence electrons. The Labute approximate surface area is 106 Å². The number of halogens is 1. The zero-order valence-electron chi connectivity index (χ0n) is 9.53. The molecule has 0 heterocycles. The van der Waals surface area contributed by atoms with Crippen molar-refractivity contribution in [2.24, 2.45) is 0 Å². The van der Waals surface area contributed by atoms with Gasteiger partial charge in [-0.1, -0.05) is 47.1 Å². The lowest BCUT2D eigenvalue weighted by molar-refractivity contribution is 0.0101. The Morgan fingerprint density at radius 1 is 1.38 bits per heavy atom. The summed E-state index contributed by atoms with van der Waals surface area (Å²) in [7, 11) is 0. The molecule has 1 aliphatic carbocycles. The molecule has 2 unspecified atom stereocenters. The normalized spacial score (nSPS) is 21.2. The molecule has 0 radical (unpaired) electrons. The lowest BCUT2D eigenvalue weighted by Gasteiger charge is -2.20. The first-order valence-electron chi connectivity index (χ1n) is 5.87. The lowest BCUT2D eigenvalue weighted by Crippen LogP contribution is -2.12. The SMILES string of the molecule is CCC(OC1C=CCC1)c1ccc(Br)cc1. The molecule has 2 heteroatoms. The van der Waals surface area contributed by atoms with Gasteiger partial charge in [-0.05, 0) is 37.0 Å². The Hall–Kier alpha value is -0.600. The summed E-state index contributed by atoms with van der Waals surface area (Å²) in [4.78, 5) is 0. The van der Waals surface area contributed by atoms with Crippen molar-refractivity contribution < 1.29 is 4.74 Å². The first-order chi connectivity index (χ1) is 7.79. The maximum absolute atomic E-state index is 6.08. The number of benzene rings is 1. The van der Waals surface area contributed by atoms with Crippen LogP contribution in [0.2, 0.25) is 0 Å². The van der Waals surface area contributed by atoms with Gasteiger partial charge < -0.3 is 4.74 Å². The third kappa shape index (κ3) is 2.96. The van der Waals surface area contributed by atoms with Gasteiger partial charge in [-0.25, -0.2) is 0 Å². The number of hydrogen-bond donors (Lipinski definition) is 0. The molecule has 2 rings (SSSR count). The Bertz CT molecular complexity index is 356. The fourth-order valence-corrected chi connectivity index (χ4v) is 2.28. The molecule has 0 fully saturated rings. The van der Waals surface area contributed by atoms with E-state index in [1.54, 1.807) is 0 Å². The summed E-state index contributed by atoms with van der Waals surface area (Å²) in [6.45, 7) is 2.17. The summed E-state index contributed by atoms with van der Waals surface area (Å²) in [5, 5.41) is 0. The van der Waals surface area contributed by atoms with Crippen LogP contribution in [0.1, 0.15) is 37.9 Å². The van der Waals surface area contributed by atoms with Crippen LogP contribution in [-0.4, -0.2) is 6.10 Å². The summed E-state index contributed by atoms with van der Waals surface area (Å²) in [5.41, 5.74) is 1.27. The van der Waals surface area contributed by atoms with E-state index >= 15 is 0 Å². The van der Waals surface area contributed by atoms with E-state index in [9.17, 15) is 0 Å². The minimum atomic E-state index is 0.223. The summed E-state index contributed by atoms with van der Waals surface area (Å²) in [5.74, 6) is 0. The van der Waals surface area contributed by atoms with Crippen LogP contribution >= 0.6 is 15.9 Å². The van der Waals surface area contributed by atoms with E-state index in [2.05, 4.69) is 59.3 Å². The van der Waals surface area contributed by atoms with Gasteiger partial charge in [0.1, 0.15) is 0 Å². The first kappa shape index (κ1) is 11.9. The minimum absolute atomic E-state index is 0.223. The first-order valence-corrected chi connectivity index (χ1v) is 6.66. The van der Waals surface area contributed by atoms with Crippen molar-refractivity contribution in [2.75, 3.05) is 0 Å². The van der Waals surface area contributed by atoms with Crippen LogP contribution in [0.15, 0.2) is 40.9 Å². The summed E-state index contributed by atoms with van der Waals surface area (Å²) >= 11 is 3.45. The second-order valence-electron chi connectivity index (χ2n) is 4.13. The monoisotopic (exact) mass is 280 g/mol. The molecule has 0 amide bonds. The third-order valence-corrected chi connectivity index (χ3v) is 3.45. The summed E-state index contributed by atoms with van der Waals surface area (Å²) in [6, 6.07) is 8.42. The van der Waals surface area contributed by atoms with Crippen molar-refractivity contribution in [3.8, 4) is 0 Å². The van der Waals surface area contributed by atoms with Crippen molar-refractivity contribution in [2.45, 2.75) is 38.4 Å². The van der Waals surface area contributed by atoms with E-state index in [0.717, 1.165) is 23.7 Å². The van der Waals surface area contributed by atoms with E-state index in [0.29, 0.717) is 6.10 Å². The zero-order chi connectivity index (χ0) is 11.4. The van der Waals surface area contributed by atoms with E-state index in [1.165, 1.54) is 5.56 Å². The van der Waals surface area contributed by atoms with Gasteiger partial charge in [0, 0.05) is 4.47 Å². The smallest absolute Gasteiger partial charge is 0.0830 e. The fourth-order valence-electron chi connectivity index (χ4n) is 2.02. The highest BCUT2D eigenvalue weighted by atomic mass is 79.9. The van der Waals surface area contributed by atoms with Crippen molar-refractivity contribution in [1.29, 1.82) is 0 Å². The highest BCUT2D eigenvalue weighted by Crippen LogP contribution is 2.27. The van der Waals surface area contributed by atoms with Crippen LogP contribution in [0.25, 0.3) is 0 Å². The molecule has 2 atom stereocenters. The molecule has 0 saturated carbocycles. The molecule has 16 heavy (non-hydrogen) atoms. The summed E-state index contributed by atoms with van der Waals surface area (Å²) in [6.07, 6.45) is 8.23. The highest BCUT2D eigenvalue weighted by molar-refractivity contribution is 9.10. The van der Waals surface area contributed by atoms with Gasteiger partial charge in [0.15, 0.2) is 0 Å². The molecule has 1 aromatic rings. The lowest BCUT2D eigenvalue weighted by atomic mass is 10.1. The highest BCUT2D eigenvalue weighted by Gasteiger charge is 2.16. The van der Waals surface area contributed by atoms with Crippen LogP contribution in [0.3, 0.4) is 0 Å². The zero-order valence-corrected chi connectivity index (χ0v) is 11.1. The number of allylic oxidation sites excluding steroid dienone is 1. The second-order valence-corrected chi connectivity index (χ2v) is 5.04. The molecule has 0 spiro atoms. The number of hydrogen-bond acceptors (Lipinski definition) is 1. The number of ether oxygens (including phenoxy) is 1. The van der Waals surface area contributed by atoms with Gasteiger partial charge in [-0.2, -0.15) is 0 Å². The van der Waals surface area contributed by atoms with Gasteiger partial charge in [0.05, 0.1) is 12.2 Å². The average molecular weight is 281 g/mol. The summed E-state index contributed by atoms with van der Waals surface area (Å²) < 4.78 is 7.20. The maximum atomic E-state index is 6.08. The largest absolute Gasteiger partial charge is 0.366 e. The Morgan fingerprint density at radius 2 is 2.12 bits per heavy atom. The van der Waals surface area contributed by atoms with Crippen molar-refractivity contribution in [3.05, 3.63) is 46.5 Å². The van der Waals surface area contributed by atoms with E-state index in [4.69, 9.17) is 4.74 Å². The van der Waals surface area contributed by atoms with Gasteiger partial charge in [-0.3, -0.25) is 0 Å².